The first-order chi connectivity index (χ1) is 13.5. The molecule has 1 amide bonds. The van der Waals surface area contributed by atoms with E-state index in [1.165, 1.54) is 25.4 Å². The van der Waals surface area contributed by atoms with E-state index in [-0.39, 0.29) is 6.42 Å². The molecule has 0 radical (unpaired) electrons. The number of carbonyl (C=O) groups is 1. The molecule has 3 aromatic rings. The number of halogens is 4. The van der Waals surface area contributed by atoms with Gasteiger partial charge in [0.25, 0.3) is 0 Å². The summed E-state index contributed by atoms with van der Waals surface area (Å²) in [6.45, 7) is 1.31. The van der Waals surface area contributed by atoms with E-state index in [1.54, 1.807) is 13.0 Å². The number of amides is 1. The highest BCUT2D eigenvalue weighted by molar-refractivity contribution is 5.90. The maximum absolute atomic E-state index is 13.5. The van der Waals surface area contributed by atoms with Gasteiger partial charge in [-0.1, -0.05) is 0 Å². The van der Waals surface area contributed by atoms with E-state index < -0.39 is 42.3 Å². The molecule has 29 heavy (non-hydrogen) atoms. The van der Waals surface area contributed by atoms with Gasteiger partial charge >= 0.3 is 6.18 Å². The summed E-state index contributed by atoms with van der Waals surface area (Å²) in [6.07, 6.45) is -3.45. The predicted octanol–water partition coefficient (Wildman–Crippen LogP) is 2.85. The van der Waals surface area contributed by atoms with Gasteiger partial charge in [0, 0.05) is 49.0 Å². The zero-order chi connectivity index (χ0) is 21.4. The number of hydrogen-bond donors (Lipinski definition) is 3. The van der Waals surface area contributed by atoms with E-state index in [2.05, 4.69) is 15.3 Å². The Labute approximate surface area is 163 Å². The Morgan fingerprint density at radius 1 is 1.34 bits per heavy atom. The van der Waals surface area contributed by atoms with Gasteiger partial charge in [-0.25, -0.2) is 9.37 Å². The van der Waals surface area contributed by atoms with Crippen molar-refractivity contribution in [2.75, 3.05) is 6.54 Å². The second-order valence-electron chi connectivity index (χ2n) is 6.91. The van der Waals surface area contributed by atoms with Crippen LogP contribution in [0.4, 0.5) is 17.6 Å². The zero-order valence-electron chi connectivity index (χ0n) is 15.8. The molecule has 156 valence electrons. The van der Waals surface area contributed by atoms with Crippen LogP contribution < -0.4 is 5.32 Å². The number of carbonyl (C=O) groups excluding carboxylic acids is 1. The minimum absolute atomic E-state index is 0.137. The SMILES string of the molecule is Cc1[nH]c2ccc(F)cc2c1CC(=O)NCCC(O)(c1nccn1C)C(F)(F)F. The molecular formula is C19H20F4N4O2. The highest BCUT2D eigenvalue weighted by Crippen LogP contribution is 2.40. The molecule has 1 atom stereocenters. The van der Waals surface area contributed by atoms with Crippen molar-refractivity contribution in [2.45, 2.75) is 31.5 Å². The molecule has 0 aliphatic carbocycles. The van der Waals surface area contributed by atoms with Crippen LogP contribution >= 0.6 is 0 Å². The van der Waals surface area contributed by atoms with E-state index in [0.29, 0.717) is 22.2 Å². The van der Waals surface area contributed by atoms with Gasteiger partial charge in [0.1, 0.15) is 11.6 Å². The van der Waals surface area contributed by atoms with Crippen LogP contribution in [0.25, 0.3) is 10.9 Å². The number of fused-ring (bicyclic) bond motifs is 1. The molecule has 0 aliphatic heterocycles. The number of imidazole rings is 1. The van der Waals surface area contributed by atoms with Crippen molar-refractivity contribution in [2.24, 2.45) is 7.05 Å². The average Bonchev–Trinajstić information content (AvgIpc) is 3.18. The number of hydrogen-bond acceptors (Lipinski definition) is 3. The molecule has 3 rings (SSSR count). The van der Waals surface area contributed by atoms with Crippen molar-refractivity contribution in [3.05, 3.63) is 53.5 Å². The van der Waals surface area contributed by atoms with Gasteiger partial charge in [0.2, 0.25) is 11.5 Å². The summed E-state index contributed by atoms with van der Waals surface area (Å²) in [6, 6.07) is 4.14. The van der Waals surface area contributed by atoms with Crippen molar-refractivity contribution in [1.82, 2.24) is 19.9 Å². The Hall–Kier alpha value is -2.88. The van der Waals surface area contributed by atoms with Gasteiger partial charge < -0.3 is 20.0 Å². The summed E-state index contributed by atoms with van der Waals surface area (Å²) in [5, 5.41) is 13.2. The Morgan fingerprint density at radius 2 is 2.07 bits per heavy atom. The van der Waals surface area contributed by atoms with Crippen LogP contribution in [0.3, 0.4) is 0 Å². The minimum atomic E-state index is -4.97. The fraction of sp³-hybridized carbons (Fsp3) is 0.368. The number of benzene rings is 1. The van der Waals surface area contributed by atoms with Crippen molar-refractivity contribution in [3.63, 3.8) is 0 Å². The van der Waals surface area contributed by atoms with Crippen LogP contribution in [0.1, 0.15) is 23.5 Å². The average molecular weight is 412 g/mol. The van der Waals surface area contributed by atoms with E-state index in [4.69, 9.17) is 0 Å². The van der Waals surface area contributed by atoms with Crippen LogP contribution in [-0.4, -0.2) is 38.3 Å². The standard InChI is InChI=1S/C19H20F4N4O2/c1-11-13(14-9-12(20)3-4-15(14)26-11)10-16(28)24-6-5-18(29,19(21,22)23)17-25-7-8-27(17)2/h3-4,7-9,26,29H,5-6,10H2,1-2H3,(H,24,28). The lowest BCUT2D eigenvalue weighted by molar-refractivity contribution is -0.272. The number of H-pyrrole nitrogens is 1. The minimum Gasteiger partial charge on any atom is -0.374 e. The molecule has 1 unspecified atom stereocenters. The molecule has 0 saturated heterocycles. The van der Waals surface area contributed by atoms with Gasteiger partial charge in [-0.05, 0) is 30.7 Å². The van der Waals surface area contributed by atoms with Crippen molar-refractivity contribution in [1.29, 1.82) is 0 Å². The van der Waals surface area contributed by atoms with E-state index in [0.717, 1.165) is 10.8 Å². The number of aromatic nitrogens is 3. The first-order valence-electron chi connectivity index (χ1n) is 8.83. The summed E-state index contributed by atoms with van der Waals surface area (Å²) >= 11 is 0. The number of aromatic amines is 1. The Morgan fingerprint density at radius 3 is 2.69 bits per heavy atom. The monoisotopic (exact) mass is 412 g/mol. The van der Waals surface area contributed by atoms with E-state index in [1.807, 2.05) is 0 Å². The summed E-state index contributed by atoms with van der Waals surface area (Å²) in [5.74, 6) is -1.55. The third-order valence-corrected chi connectivity index (χ3v) is 4.89. The fourth-order valence-corrected chi connectivity index (χ4v) is 3.33. The van der Waals surface area contributed by atoms with Crippen LogP contribution in [0.5, 0.6) is 0 Å². The number of aryl methyl sites for hydroxylation is 2. The van der Waals surface area contributed by atoms with E-state index in [9.17, 15) is 27.5 Å². The lowest BCUT2D eigenvalue weighted by Gasteiger charge is -2.30. The number of nitrogens with zero attached hydrogens (tertiary/aromatic N) is 2. The first-order valence-corrected chi connectivity index (χ1v) is 8.83. The quantitative estimate of drug-likeness (QED) is 0.545. The largest absolute Gasteiger partial charge is 0.424 e. The second kappa shape index (κ2) is 7.51. The lowest BCUT2D eigenvalue weighted by atomic mass is 9.97. The zero-order valence-corrected chi connectivity index (χ0v) is 15.8. The first kappa shape index (κ1) is 20.8. The molecule has 0 bridgehead atoms. The predicted molar refractivity (Wildman–Crippen MR) is 97.5 cm³/mol. The Balaban J connectivity index is 1.70. The van der Waals surface area contributed by atoms with Crippen molar-refractivity contribution >= 4 is 16.8 Å². The summed E-state index contributed by atoms with van der Waals surface area (Å²) in [7, 11) is 1.34. The molecule has 0 spiro atoms. The Kier molecular flexibility index (Phi) is 5.40. The molecule has 0 saturated carbocycles. The molecule has 6 nitrogen and oxygen atoms in total. The normalized spacial score (nSPS) is 14.2. The van der Waals surface area contributed by atoms with Crippen LogP contribution in [0.15, 0.2) is 30.6 Å². The lowest BCUT2D eigenvalue weighted by Crippen LogP contribution is -2.46. The maximum Gasteiger partial charge on any atom is 0.424 e. The van der Waals surface area contributed by atoms with Crippen molar-refractivity contribution in [3.8, 4) is 0 Å². The van der Waals surface area contributed by atoms with Crippen LogP contribution in [0, 0.1) is 12.7 Å². The van der Waals surface area contributed by atoms with E-state index >= 15 is 0 Å². The highest BCUT2D eigenvalue weighted by Gasteiger charge is 2.57. The molecule has 2 aromatic heterocycles. The smallest absolute Gasteiger partial charge is 0.374 e. The maximum atomic E-state index is 13.5. The van der Waals surface area contributed by atoms with Crippen molar-refractivity contribution < 1.29 is 27.5 Å². The Bertz CT molecular complexity index is 1040. The number of aliphatic hydroxyl groups is 1. The van der Waals surface area contributed by atoms with Gasteiger partial charge in [-0.2, -0.15) is 13.2 Å². The third kappa shape index (κ3) is 3.98. The van der Waals surface area contributed by atoms with Gasteiger partial charge in [-0.3, -0.25) is 4.79 Å². The molecule has 10 heteroatoms. The second-order valence-corrected chi connectivity index (χ2v) is 6.91. The van der Waals surface area contributed by atoms with Crippen LogP contribution in [-0.2, 0) is 23.9 Å². The summed E-state index contributed by atoms with van der Waals surface area (Å²) in [5.41, 5.74) is -1.31. The number of nitrogens with one attached hydrogen (secondary N) is 2. The summed E-state index contributed by atoms with van der Waals surface area (Å²) < 4.78 is 55.1. The van der Waals surface area contributed by atoms with Gasteiger partial charge in [-0.15, -0.1) is 0 Å². The third-order valence-electron chi connectivity index (χ3n) is 4.89. The molecule has 0 aliphatic rings. The topological polar surface area (TPSA) is 82.9 Å². The highest BCUT2D eigenvalue weighted by atomic mass is 19.4. The molecular weight excluding hydrogens is 392 g/mol. The molecule has 1 aromatic carbocycles. The number of rotatable bonds is 6. The molecule has 3 N–H and O–H groups in total. The van der Waals surface area contributed by atoms with Crippen LogP contribution in [0.2, 0.25) is 0 Å². The molecule has 2 heterocycles. The summed E-state index contributed by atoms with van der Waals surface area (Å²) in [4.78, 5) is 18.9. The van der Waals surface area contributed by atoms with Gasteiger partial charge in [0.15, 0.2) is 0 Å². The number of alkyl halides is 3. The fourth-order valence-electron chi connectivity index (χ4n) is 3.33. The molecule has 0 fully saturated rings. The van der Waals surface area contributed by atoms with Gasteiger partial charge in [0.05, 0.1) is 6.42 Å².